The molecular formula is C16H19NO2. The molecule has 1 aromatic rings. The van der Waals surface area contributed by atoms with E-state index < -0.39 is 0 Å². The van der Waals surface area contributed by atoms with Gasteiger partial charge in [0.05, 0.1) is 0 Å². The molecule has 0 radical (unpaired) electrons. The number of allylic oxidation sites excluding steroid dienone is 2. The molecule has 1 fully saturated rings. The number of hydrogen-bond donors (Lipinski definition) is 0. The molecule has 1 aromatic heterocycles. The number of fused-ring (bicyclic) bond motifs is 1. The van der Waals surface area contributed by atoms with Gasteiger partial charge in [0.2, 0.25) is 0 Å². The molecule has 0 amide bonds. The molecule has 0 aliphatic carbocycles. The van der Waals surface area contributed by atoms with E-state index >= 15 is 0 Å². The average molecular weight is 257 g/mol. The van der Waals surface area contributed by atoms with E-state index in [1.807, 2.05) is 0 Å². The van der Waals surface area contributed by atoms with Crippen LogP contribution in [0.15, 0.2) is 32.6 Å². The molecule has 0 saturated carbocycles. The highest BCUT2D eigenvalue weighted by atomic mass is 16.4. The van der Waals surface area contributed by atoms with E-state index in [4.69, 9.17) is 4.42 Å². The van der Waals surface area contributed by atoms with Gasteiger partial charge in [-0.1, -0.05) is 6.58 Å². The second-order valence-electron chi connectivity index (χ2n) is 5.41. The molecule has 3 heterocycles. The molecule has 0 unspecified atom stereocenters. The highest BCUT2D eigenvalue weighted by molar-refractivity contribution is 5.64. The predicted octanol–water partition coefficient (Wildman–Crippen LogP) is 1.36. The maximum absolute atomic E-state index is 11.5. The highest BCUT2D eigenvalue weighted by Gasteiger charge is 2.25. The van der Waals surface area contributed by atoms with E-state index in [1.165, 1.54) is 29.3 Å². The molecule has 0 spiro atoms. The lowest BCUT2D eigenvalue weighted by atomic mass is 9.91. The zero-order valence-corrected chi connectivity index (χ0v) is 11.4. The van der Waals surface area contributed by atoms with Gasteiger partial charge in [0.1, 0.15) is 5.42 Å². The fraction of sp³-hybridized carbons (Fsp3) is 0.438. The van der Waals surface area contributed by atoms with Gasteiger partial charge >= 0.3 is 5.63 Å². The monoisotopic (exact) mass is 257 g/mol. The molecule has 3 nitrogen and oxygen atoms in total. The van der Waals surface area contributed by atoms with Gasteiger partial charge in [-0.05, 0) is 44.2 Å². The van der Waals surface area contributed by atoms with Gasteiger partial charge in [0.15, 0.2) is 0 Å². The van der Waals surface area contributed by atoms with E-state index in [-0.39, 0.29) is 5.63 Å². The summed E-state index contributed by atoms with van der Waals surface area (Å²) >= 11 is 0. The molecular weight excluding hydrogens is 238 g/mol. The lowest BCUT2D eigenvalue weighted by molar-refractivity contribution is 0.306. The standard InChI is InChI=1S/C16H19NO2/c1-11-5-3-9-17-10-4-6-13(15(11)17)16-12(2)7-8-14(18)19-16/h7-8H,2-6,9-10H2,1H3/b16-13+. The molecule has 0 N–H and O–H groups in total. The van der Waals surface area contributed by atoms with Crippen LogP contribution in [0.3, 0.4) is 0 Å². The van der Waals surface area contributed by atoms with Crippen LogP contribution in [0.4, 0.5) is 0 Å². The zero-order chi connectivity index (χ0) is 13.4. The summed E-state index contributed by atoms with van der Waals surface area (Å²) in [6.45, 7) is 8.42. The summed E-state index contributed by atoms with van der Waals surface area (Å²) in [7, 11) is 0. The minimum atomic E-state index is -0.291. The van der Waals surface area contributed by atoms with Crippen LogP contribution >= 0.6 is 0 Å². The first-order valence-corrected chi connectivity index (χ1v) is 6.94. The predicted molar refractivity (Wildman–Crippen MR) is 75.9 cm³/mol. The third-order valence-electron chi connectivity index (χ3n) is 4.03. The summed E-state index contributed by atoms with van der Waals surface area (Å²) in [5, 5.41) is 0.808. The van der Waals surface area contributed by atoms with E-state index in [0.717, 1.165) is 37.6 Å². The van der Waals surface area contributed by atoms with Gasteiger partial charge in [-0.25, -0.2) is 4.79 Å². The van der Waals surface area contributed by atoms with Crippen molar-refractivity contribution in [1.29, 1.82) is 0 Å². The summed E-state index contributed by atoms with van der Waals surface area (Å²) in [5.74, 6) is 0. The highest BCUT2D eigenvalue weighted by Crippen LogP contribution is 2.33. The number of nitrogens with zero attached hydrogens (tertiary/aromatic N) is 1. The third-order valence-corrected chi connectivity index (χ3v) is 4.03. The van der Waals surface area contributed by atoms with Crippen molar-refractivity contribution in [1.82, 2.24) is 4.90 Å². The van der Waals surface area contributed by atoms with Crippen molar-refractivity contribution in [3.63, 3.8) is 0 Å². The first kappa shape index (κ1) is 12.3. The second kappa shape index (κ2) is 4.72. The van der Waals surface area contributed by atoms with Crippen molar-refractivity contribution < 1.29 is 4.42 Å². The Morgan fingerprint density at radius 3 is 2.74 bits per heavy atom. The molecule has 2 aliphatic rings. The average Bonchev–Trinajstić information content (AvgIpc) is 2.41. The molecule has 3 rings (SSSR count). The molecule has 1 saturated heterocycles. The van der Waals surface area contributed by atoms with Crippen molar-refractivity contribution in [2.24, 2.45) is 0 Å². The Morgan fingerprint density at radius 2 is 1.95 bits per heavy atom. The van der Waals surface area contributed by atoms with Gasteiger partial charge in [-0.2, -0.15) is 0 Å². The molecule has 0 atom stereocenters. The Bertz CT molecular complexity index is 696. The van der Waals surface area contributed by atoms with E-state index in [2.05, 4.69) is 18.4 Å². The normalized spacial score (nSPS) is 22.5. The largest absolute Gasteiger partial charge is 0.422 e. The first-order chi connectivity index (χ1) is 9.16. The number of rotatable bonds is 0. The summed E-state index contributed by atoms with van der Waals surface area (Å²) in [5.41, 5.74) is 4.28. The summed E-state index contributed by atoms with van der Waals surface area (Å²) in [6, 6.07) is 3.20. The lowest BCUT2D eigenvalue weighted by Crippen LogP contribution is -2.38. The van der Waals surface area contributed by atoms with Crippen LogP contribution in [-0.4, -0.2) is 18.0 Å². The van der Waals surface area contributed by atoms with Gasteiger partial charge in [-0.15, -0.1) is 0 Å². The van der Waals surface area contributed by atoms with Crippen LogP contribution in [0.5, 0.6) is 0 Å². The summed E-state index contributed by atoms with van der Waals surface area (Å²) < 4.78 is 5.43. The molecule has 2 aliphatic heterocycles. The van der Waals surface area contributed by atoms with Crippen molar-refractivity contribution in [3.8, 4) is 0 Å². The van der Waals surface area contributed by atoms with Gasteiger partial charge in [0.25, 0.3) is 0 Å². The molecule has 19 heavy (non-hydrogen) atoms. The first-order valence-electron chi connectivity index (χ1n) is 6.94. The van der Waals surface area contributed by atoms with E-state index in [1.54, 1.807) is 6.07 Å². The van der Waals surface area contributed by atoms with Crippen LogP contribution in [0, 0.1) is 0 Å². The van der Waals surface area contributed by atoms with E-state index in [0.29, 0.717) is 5.42 Å². The smallest absolute Gasteiger partial charge is 0.336 e. The minimum Gasteiger partial charge on any atom is -0.422 e. The van der Waals surface area contributed by atoms with Crippen LogP contribution in [0.25, 0.3) is 12.2 Å². The Hall–Kier alpha value is -1.77. The van der Waals surface area contributed by atoms with Crippen LogP contribution < -0.4 is 16.3 Å². The van der Waals surface area contributed by atoms with Crippen LogP contribution in [-0.2, 0) is 0 Å². The van der Waals surface area contributed by atoms with Gasteiger partial charge in [-0.3, -0.25) is 0 Å². The van der Waals surface area contributed by atoms with Crippen molar-refractivity contribution in [2.45, 2.75) is 32.6 Å². The molecule has 100 valence electrons. The Kier molecular flexibility index (Phi) is 3.05. The minimum absolute atomic E-state index is 0.291. The third kappa shape index (κ3) is 2.14. The van der Waals surface area contributed by atoms with Gasteiger partial charge < -0.3 is 9.32 Å². The topological polar surface area (TPSA) is 33.5 Å². The van der Waals surface area contributed by atoms with Crippen molar-refractivity contribution in [2.75, 3.05) is 13.1 Å². The quantitative estimate of drug-likeness (QED) is 0.704. The number of hydrogen-bond acceptors (Lipinski definition) is 3. The summed E-state index contributed by atoms with van der Waals surface area (Å²) in [4.78, 5) is 13.9. The summed E-state index contributed by atoms with van der Waals surface area (Å²) in [6.07, 6.45) is 4.44. The molecule has 3 heteroatoms. The Morgan fingerprint density at radius 1 is 1.21 bits per heavy atom. The maximum atomic E-state index is 11.5. The fourth-order valence-corrected chi connectivity index (χ4v) is 3.19. The number of piperidine rings is 1. The SMILES string of the molecule is C=c1ccc(=O)o/c1=C1\CCCN2CCCC(C)=C12. The van der Waals surface area contributed by atoms with Crippen molar-refractivity contribution >= 4 is 12.2 Å². The van der Waals surface area contributed by atoms with E-state index in [9.17, 15) is 4.79 Å². The maximum Gasteiger partial charge on any atom is 0.336 e. The van der Waals surface area contributed by atoms with Gasteiger partial charge in [0, 0.05) is 35.6 Å². The molecule has 0 aromatic carbocycles. The fourth-order valence-electron chi connectivity index (χ4n) is 3.19. The van der Waals surface area contributed by atoms with Crippen molar-refractivity contribution in [3.05, 3.63) is 44.5 Å². The van der Waals surface area contributed by atoms with Crippen LogP contribution in [0.1, 0.15) is 32.6 Å². The zero-order valence-electron chi connectivity index (χ0n) is 11.4. The lowest BCUT2D eigenvalue weighted by Gasteiger charge is -2.37. The Labute approximate surface area is 112 Å². The Balaban J connectivity index is 2.31. The molecule has 0 bridgehead atoms. The second-order valence-corrected chi connectivity index (χ2v) is 5.41. The van der Waals surface area contributed by atoms with Crippen LogP contribution in [0.2, 0.25) is 0 Å².